The smallest absolute Gasteiger partial charge is 0.165 e. The molecule has 1 aromatic carbocycles. The van der Waals surface area contributed by atoms with Crippen LogP contribution in [-0.4, -0.2) is 57.7 Å². The van der Waals surface area contributed by atoms with Gasteiger partial charge >= 0.3 is 0 Å². The summed E-state index contributed by atoms with van der Waals surface area (Å²) in [6.45, 7) is 0.869. The third-order valence-electron chi connectivity index (χ3n) is 6.70. The van der Waals surface area contributed by atoms with Crippen molar-refractivity contribution in [3.8, 4) is 11.5 Å². The predicted octanol–water partition coefficient (Wildman–Crippen LogP) is 0.537. The highest BCUT2D eigenvalue weighted by Gasteiger charge is 2.72. The van der Waals surface area contributed by atoms with Gasteiger partial charge in [-0.1, -0.05) is 6.07 Å². The molecule has 2 bridgehead atoms. The molecule has 118 valence electrons. The molecule has 2 aliphatic carbocycles. The summed E-state index contributed by atoms with van der Waals surface area (Å²) in [5.41, 5.74) is 0.633. The minimum Gasteiger partial charge on any atom is -0.504 e. The lowest BCUT2D eigenvalue weighted by Gasteiger charge is -2.63. The third-order valence-corrected chi connectivity index (χ3v) is 6.70. The topological polar surface area (TPSA) is 73.2 Å². The Hall–Kier alpha value is -1.30. The molecule has 1 spiro atoms. The van der Waals surface area contributed by atoms with E-state index in [2.05, 4.69) is 11.9 Å². The molecule has 2 unspecified atom stereocenters. The monoisotopic (exact) mass is 303 g/mol. The van der Waals surface area contributed by atoms with Crippen molar-refractivity contribution in [2.75, 3.05) is 13.6 Å². The first-order chi connectivity index (χ1) is 10.5. The number of rotatable bonds is 0. The highest BCUT2D eigenvalue weighted by atomic mass is 16.5. The maximum Gasteiger partial charge on any atom is 0.165 e. The van der Waals surface area contributed by atoms with Crippen molar-refractivity contribution in [3.63, 3.8) is 0 Å². The molecule has 2 aliphatic heterocycles. The Morgan fingerprint density at radius 2 is 2.14 bits per heavy atom. The molecule has 0 aromatic heterocycles. The minimum atomic E-state index is -0.893. The summed E-state index contributed by atoms with van der Waals surface area (Å²) in [5.74, 6) is 0.610. The number of likely N-dealkylation sites (N-methyl/N-ethyl adjacent to an activating group) is 1. The molecule has 4 aliphatic rings. The molecule has 1 aromatic rings. The van der Waals surface area contributed by atoms with Gasteiger partial charge in [-0.15, -0.1) is 0 Å². The molecule has 2 fully saturated rings. The maximum atomic E-state index is 11.7. The van der Waals surface area contributed by atoms with Gasteiger partial charge in [0.05, 0.1) is 17.1 Å². The fourth-order valence-electron chi connectivity index (χ4n) is 5.73. The standard InChI is InChI=1S/C17H21NO4/c1-18-7-6-16-13-9-2-3-10(19)14(13)22-15(16)11(20)4-5-17(16,21)12(18)8-9/h2-3,11-12,15,19-21H,4-8H2,1H3/t11?,12-,15?,16+,17-/m1/s1. The number of phenols is 1. The van der Waals surface area contributed by atoms with E-state index in [-0.39, 0.29) is 11.8 Å². The van der Waals surface area contributed by atoms with Crippen LogP contribution in [0.3, 0.4) is 0 Å². The van der Waals surface area contributed by atoms with Crippen LogP contribution in [0.2, 0.25) is 0 Å². The van der Waals surface area contributed by atoms with Gasteiger partial charge in [-0.25, -0.2) is 0 Å². The van der Waals surface area contributed by atoms with Crippen LogP contribution in [0, 0.1) is 0 Å². The summed E-state index contributed by atoms with van der Waals surface area (Å²) in [7, 11) is 2.07. The molecule has 3 N–H and O–H groups in total. The van der Waals surface area contributed by atoms with E-state index >= 15 is 0 Å². The summed E-state index contributed by atoms with van der Waals surface area (Å²) < 4.78 is 6.04. The summed E-state index contributed by atoms with van der Waals surface area (Å²) in [6.07, 6.45) is 1.59. The van der Waals surface area contributed by atoms with Gasteiger partial charge in [-0.05, 0) is 50.9 Å². The Balaban J connectivity index is 1.86. The second-order valence-corrected chi connectivity index (χ2v) is 7.44. The molecule has 0 amide bonds. The number of hydrogen-bond acceptors (Lipinski definition) is 5. The summed E-state index contributed by atoms with van der Waals surface area (Å²) >= 11 is 0. The minimum absolute atomic E-state index is 0.0443. The van der Waals surface area contributed by atoms with Crippen LogP contribution in [0.1, 0.15) is 30.4 Å². The number of hydrogen-bond donors (Lipinski definition) is 3. The molecule has 5 nitrogen and oxygen atoms in total. The molecule has 2 heterocycles. The molecular weight excluding hydrogens is 282 g/mol. The van der Waals surface area contributed by atoms with Crippen molar-refractivity contribution < 1.29 is 20.1 Å². The van der Waals surface area contributed by atoms with Gasteiger partial charge in [0.2, 0.25) is 0 Å². The second kappa shape index (κ2) is 3.78. The molecular formula is C17H21NO4. The molecule has 5 heteroatoms. The van der Waals surface area contributed by atoms with Crippen molar-refractivity contribution in [2.45, 2.75) is 54.9 Å². The number of likely N-dealkylation sites (tertiary alicyclic amines) is 1. The van der Waals surface area contributed by atoms with Crippen molar-refractivity contribution in [1.29, 1.82) is 0 Å². The lowest BCUT2D eigenvalue weighted by Crippen LogP contribution is -2.76. The van der Waals surface area contributed by atoms with E-state index in [4.69, 9.17) is 4.74 Å². The molecule has 1 saturated heterocycles. The Labute approximate surface area is 129 Å². The zero-order valence-electron chi connectivity index (χ0n) is 12.6. The first kappa shape index (κ1) is 13.2. The molecule has 1 saturated carbocycles. The van der Waals surface area contributed by atoms with E-state index in [0.29, 0.717) is 18.6 Å². The number of aliphatic hydroxyl groups excluding tert-OH is 1. The molecule has 5 atom stereocenters. The van der Waals surface area contributed by atoms with Crippen molar-refractivity contribution in [2.24, 2.45) is 0 Å². The van der Waals surface area contributed by atoms with E-state index in [9.17, 15) is 15.3 Å². The van der Waals surface area contributed by atoms with Gasteiger partial charge in [0, 0.05) is 11.6 Å². The first-order valence-corrected chi connectivity index (χ1v) is 8.12. The quantitative estimate of drug-likeness (QED) is 0.652. The Morgan fingerprint density at radius 1 is 1.32 bits per heavy atom. The Bertz CT molecular complexity index is 677. The summed E-state index contributed by atoms with van der Waals surface area (Å²) in [5, 5.41) is 32.4. The lowest BCUT2D eigenvalue weighted by atomic mass is 9.49. The fourth-order valence-corrected chi connectivity index (χ4v) is 5.73. The molecule has 0 radical (unpaired) electrons. The molecule has 5 rings (SSSR count). The first-order valence-electron chi connectivity index (χ1n) is 8.12. The largest absolute Gasteiger partial charge is 0.504 e. The van der Waals surface area contributed by atoms with Crippen LogP contribution in [0.15, 0.2) is 12.1 Å². The van der Waals surface area contributed by atoms with Gasteiger partial charge in [-0.2, -0.15) is 0 Å². The van der Waals surface area contributed by atoms with Gasteiger partial charge < -0.3 is 25.0 Å². The fraction of sp³-hybridized carbons (Fsp3) is 0.647. The number of aromatic hydroxyl groups is 1. The zero-order chi connectivity index (χ0) is 15.3. The number of ether oxygens (including phenoxy) is 1. The highest BCUT2D eigenvalue weighted by molar-refractivity contribution is 5.62. The van der Waals surface area contributed by atoms with Crippen molar-refractivity contribution in [1.82, 2.24) is 4.90 Å². The van der Waals surface area contributed by atoms with E-state index in [1.807, 2.05) is 6.07 Å². The number of aliphatic hydroxyl groups is 2. The van der Waals surface area contributed by atoms with Gasteiger partial charge in [0.25, 0.3) is 0 Å². The Kier molecular flexibility index (Phi) is 2.26. The van der Waals surface area contributed by atoms with Crippen LogP contribution in [-0.2, 0) is 11.8 Å². The number of benzene rings is 1. The number of nitrogens with zero attached hydrogens (tertiary/aromatic N) is 1. The number of phenolic OH excluding ortho intramolecular Hbond substituents is 1. The lowest BCUT2D eigenvalue weighted by molar-refractivity contribution is -0.204. The predicted molar refractivity (Wildman–Crippen MR) is 79.1 cm³/mol. The Morgan fingerprint density at radius 3 is 2.95 bits per heavy atom. The average Bonchev–Trinajstić information content (AvgIpc) is 2.85. The van der Waals surface area contributed by atoms with Crippen LogP contribution in [0.25, 0.3) is 0 Å². The summed E-state index contributed by atoms with van der Waals surface area (Å²) in [6, 6.07) is 3.67. The van der Waals surface area contributed by atoms with Crippen LogP contribution >= 0.6 is 0 Å². The second-order valence-electron chi connectivity index (χ2n) is 7.44. The van der Waals surface area contributed by atoms with E-state index in [1.54, 1.807) is 6.07 Å². The van der Waals surface area contributed by atoms with Crippen LogP contribution in [0.5, 0.6) is 11.5 Å². The third kappa shape index (κ3) is 1.17. The van der Waals surface area contributed by atoms with E-state index in [1.165, 1.54) is 0 Å². The van der Waals surface area contributed by atoms with Crippen LogP contribution in [0.4, 0.5) is 0 Å². The summed E-state index contributed by atoms with van der Waals surface area (Å²) in [4.78, 5) is 2.24. The van der Waals surface area contributed by atoms with Crippen molar-refractivity contribution >= 4 is 0 Å². The van der Waals surface area contributed by atoms with E-state index in [0.717, 1.165) is 30.5 Å². The van der Waals surface area contributed by atoms with Crippen molar-refractivity contribution in [3.05, 3.63) is 23.3 Å². The number of piperidine rings is 1. The molecule has 22 heavy (non-hydrogen) atoms. The van der Waals surface area contributed by atoms with Gasteiger partial charge in [0.15, 0.2) is 11.5 Å². The highest BCUT2D eigenvalue weighted by Crippen LogP contribution is 2.65. The average molecular weight is 303 g/mol. The maximum absolute atomic E-state index is 11.7. The van der Waals surface area contributed by atoms with Gasteiger partial charge in [0.1, 0.15) is 6.10 Å². The SMILES string of the molecule is CN1CC[C@]23c4c5ccc(O)c4OC2C(O)CC[C@@]3(O)[C@H]1C5. The van der Waals surface area contributed by atoms with Crippen LogP contribution < -0.4 is 4.74 Å². The zero-order valence-corrected chi connectivity index (χ0v) is 12.6. The van der Waals surface area contributed by atoms with Gasteiger partial charge in [-0.3, -0.25) is 0 Å². The normalized spacial score (nSPS) is 45.3. The van der Waals surface area contributed by atoms with E-state index < -0.39 is 23.2 Å².